The number of rotatable bonds is 4. The number of benzene rings is 1. The maximum absolute atomic E-state index is 12.3. The van der Waals surface area contributed by atoms with Gasteiger partial charge in [0.05, 0.1) is 18.8 Å². The highest BCUT2D eigenvalue weighted by molar-refractivity contribution is 9.10. The van der Waals surface area contributed by atoms with Crippen LogP contribution >= 0.6 is 15.9 Å². The molecule has 27 heavy (non-hydrogen) atoms. The number of hydrogen-bond donors (Lipinski definition) is 1. The predicted octanol–water partition coefficient (Wildman–Crippen LogP) is 2.16. The van der Waals surface area contributed by atoms with Crippen molar-refractivity contribution in [2.75, 3.05) is 18.5 Å². The van der Waals surface area contributed by atoms with E-state index in [1.165, 1.54) is 11.0 Å². The molecule has 0 aliphatic carbocycles. The molecule has 9 heteroatoms. The van der Waals surface area contributed by atoms with Crippen molar-refractivity contribution in [1.29, 1.82) is 0 Å². The number of aromatic nitrogens is 2. The van der Waals surface area contributed by atoms with E-state index in [9.17, 15) is 14.4 Å². The average Bonchev–Trinajstić information content (AvgIpc) is 2.62. The summed E-state index contributed by atoms with van der Waals surface area (Å²) in [6.45, 7) is 2.60. The van der Waals surface area contributed by atoms with Crippen molar-refractivity contribution in [1.82, 2.24) is 14.7 Å². The highest BCUT2D eigenvalue weighted by atomic mass is 79.9. The van der Waals surface area contributed by atoms with Crippen LogP contribution in [0.2, 0.25) is 0 Å². The maximum Gasteiger partial charge on any atom is 0.410 e. The van der Waals surface area contributed by atoms with Crippen LogP contribution in [-0.2, 0) is 29.0 Å². The maximum atomic E-state index is 12.3. The summed E-state index contributed by atoms with van der Waals surface area (Å²) in [7, 11) is 0. The lowest BCUT2D eigenvalue weighted by Gasteiger charge is -2.27. The zero-order chi connectivity index (χ0) is 19.4. The standard InChI is InChI=1S/C18H19BrN4O4/c1-2-27-18(26)22-7-6-15-12(10-22)8-17(25)23(21-15)11-16(24)20-14-5-3-4-13(19)9-14/h3-5,8-9H,2,6-7,10-11H2,1H3,(H,20,24). The van der Waals surface area contributed by atoms with Crippen LogP contribution in [0.4, 0.5) is 10.5 Å². The number of carbonyl (C=O) groups excluding carboxylic acids is 2. The molecule has 1 N–H and O–H groups in total. The second kappa shape index (κ2) is 8.34. The molecule has 0 bridgehead atoms. The summed E-state index contributed by atoms with van der Waals surface area (Å²) in [5.41, 5.74) is 1.64. The number of hydrogen-bond acceptors (Lipinski definition) is 5. The van der Waals surface area contributed by atoms with Crippen molar-refractivity contribution in [2.45, 2.75) is 26.4 Å². The number of nitrogens with zero attached hydrogens (tertiary/aromatic N) is 3. The van der Waals surface area contributed by atoms with Gasteiger partial charge in [0.1, 0.15) is 6.54 Å². The highest BCUT2D eigenvalue weighted by Crippen LogP contribution is 2.17. The third-order valence-corrected chi connectivity index (χ3v) is 4.56. The van der Waals surface area contributed by atoms with Crippen molar-refractivity contribution < 1.29 is 14.3 Å². The smallest absolute Gasteiger partial charge is 0.410 e. The Kier molecular flexibility index (Phi) is 5.90. The van der Waals surface area contributed by atoms with Crippen LogP contribution in [0.1, 0.15) is 18.2 Å². The van der Waals surface area contributed by atoms with Crippen LogP contribution in [0.25, 0.3) is 0 Å². The zero-order valence-corrected chi connectivity index (χ0v) is 16.4. The molecule has 1 aliphatic heterocycles. The number of anilines is 1. The lowest BCUT2D eigenvalue weighted by molar-refractivity contribution is -0.117. The van der Waals surface area contributed by atoms with Gasteiger partial charge < -0.3 is 15.0 Å². The van der Waals surface area contributed by atoms with E-state index in [0.29, 0.717) is 36.5 Å². The number of halogens is 1. The summed E-state index contributed by atoms with van der Waals surface area (Å²) in [5.74, 6) is -0.341. The van der Waals surface area contributed by atoms with Gasteiger partial charge in [-0.05, 0) is 25.1 Å². The molecule has 2 heterocycles. The SMILES string of the molecule is CCOC(=O)N1CCc2nn(CC(=O)Nc3cccc(Br)c3)c(=O)cc2C1. The first-order valence-corrected chi connectivity index (χ1v) is 9.32. The van der Waals surface area contributed by atoms with Gasteiger partial charge in [-0.3, -0.25) is 9.59 Å². The molecule has 0 fully saturated rings. The second-order valence-electron chi connectivity index (χ2n) is 6.04. The molecule has 3 rings (SSSR count). The first-order chi connectivity index (χ1) is 13.0. The average molecular weight is 435 g/mol. The summed E-state index contributed by atoms with van der Waals surface area (Å²) in [6.07, 6.45) is 0.0996. The molecule has 8 nitrogen and oxygen atoms in total. The van der Waals surface area contributed by atoms with Gasteiger partial charge in [-0.2, -0.15) is 5.10 Å². The van der Waals surface area contributed by atoms with E-state index < -0.39 is 6.09 Å². The molecular formula is C18H19BrN4O4. The van der Waals surface area contributed by atoms with Crippen LogP contribution in [0.5, 0.6) is 0 Å². The molecule has 142 valence electrons. The lowest BCUT2D eigenvalue weighted by Crippen LogP contribution is -2.39. The van der Waals surface area contributed by atoms with Crippen molar-refractivity contribution >= 4 is 33.6 Å². The highest BCUT2D eigenvalue weighted by Gasteiger charge is 2.24. The number of carbonyl (C=O) groups is 2. The monoisotopic (exact) mass is 434 g/mol. The Morgan fingerprint density at radius 1 is 1.33 bits per heavy atom. The molecule has 2 aromatic rings. The van der Waals surface area contributed by atoms with Gasteiger partial charge in [-0.25, -0.2) is 9.48 Å². The van der Waals surface area contributed by atoms with Crippen molar-refractivity contribution in [3.05, 3.63) is 56.4 Å². The molecule has 0 unspecified atom stereocenters. The van der Waals surface area contributed by atoms with Gasteiger partial charge in [0.2, 0.25) is 5.91 Å². The van der Waals surface area contributed by atoms with Crippen LogP contribution in [0.15, 0.2) is 39.6 Å². The van der Waals surface area contributed by atoms with E-state index in [1.54, 1.807) is 25.1 Å². The van der Waals surface area contributed by atoms with Gasteiger partial charge >= 0.3 is 6.09 Å². The molecule has 1 aliphatic rings. The largest absolute Gasteiger partial charge is 0.450 e. The summed E-state index contributed by atoms with van der Waals surface area (Å²) in [4.78, 5) is 37.9. The second-order valence-corrected chi connectivity index (χ2v) is 6.96. The summed E-state index contributed by atoms with van der Waals surface area (Å²) < 4.78 is 6.98. The van der Waals surface area contributed by atoms with Crippen molar-refractivity contribution in [3.8, 4) is 0 Å². The van der Waals surface area contributed by atoms with Gasteiger partial charge in [-0.1, -0.05) is 22.0 Å². The summed E-state index contributed by atoms with van der Waals surface area (Å²) in [5, 5.41) is 7.04. The lowest BCUT2D eigenvalue weighted by atomic mass is 10.1. The molecular weight excluding hydrogens is 416 g/mol. The molecule has 0 atom stereocenters. The van der Waals surface area contributed by atoms with E-state index in [4.69, 9.17) is 4.74 Å². The predicted molar refractivity (Wildman–Crippen MR) is 102 cm³/mol. The minimum absolute atomic E-state index is 0.180. The minimum Gasteiger partial charge on any atom is -0.450 e. The topological polar surface area (TPSA) is 93.5 Å². The van der Waals surface area contributed by atoms with E-state index in [-0.39, 0.29) is 24.6 Å². The zero-order valence-electron chi connectivity index (χ0n) is 14.8. The Labute approximate surface area is 164 Å². The van der Waals surface area contributed by atoms with Crippen LogP contribution in [0.3, 0.4) is 0 Å². The van der Waals surface area contributed by atoms with Crippen LogP contribution in [-0.4, -0.2) is 39.8 Å². The normalized spacial score (nSPS) is 13.0. The van der Waals surface area contributed by atoms with Gasteiger partial charge in [0.25, 0.3) is 5.56 Å². The van der Waals surface area contributed by atoms with Gasteiger partial charge in [0, 0.05) is 34.8 Å². The molecule has 1 aromatic carbocycles. The van der Waals surface area contributed by atoms with Crippen molar-refractivity contribution in [3.63, 3.8) is 0 Å². The third-order valence-electron chi connectivity index (χ3n) is 4.07. The Hall–Kier alpha value is -2.68. The van der Waals surface area contributed by atoms with E-state index >= 15 is 0 Å². The minimum atomic E-state index is -0.402. The van der Waals surface area contributed by atoms with Crippen molar-refractivity contribution in [2.24, 2.45) is 0 Å². The molecule has 1 aromatic heterocycles. The Morgan fingerprint density at radius 3 is 2.89 bits per heavy atom. The molecule has 0 saturated carbocycles. The number of fused-ring (bicyclic) bond motifs is 1. The Bertz CT molecular complexity index is 928. The Morgan fingerprint density at radius 2 is 2.15 bits per heavy atom. The van der Waals surface area contributed by atoms with Gasteiger partial charge in [-0.15, -0.1) is 0 Å². The summed E-state index contributed by atoms with van der Waals surface area (Å²) >= 11 is 3.34. The molecule has 0 radical (unpaired) electrons. The van der Waals surface area contributed by atoms with Crippen LogP contribution in [0, 0.1) is 0 Å². The fourth-order valence-electron chi connectivity index (χ4n) is 2.83. The number of amides is 2. The summed E-state index contributed by atoms with van der Waals surface area (Å²) in [6, 6.07) is 8.61. The fraction of sp³-hybridized carbons (Fsp3) is 0.333. The van der Waals surface area contributed by atoms with Crippen LogP contribution < -0.4 is 10.9 Å². The van der Waals surface area contributed by atoms with Gasteiger partial charge in [0.15, 0.2) is 0 Å². The fourth-order valence-corrected chi connectivity index (χ4v) is 3.22. The molecule has 2 amide bonds. The quantitative estimate of drug-likeness (QED) is 0.795. The first kappa shape index (κ1) is 19.1. The van der Waals surface area contributed by atoms with E-state index in [0.717, 1.165) is 9.15 Å². The van der Waals surface area contributed by atoms with E-state index in [1.807, 2.05) is 6.07 Å². The third kappa shape index (κ3) is 4.73. The number of nitrogens with one attached hydrogen (secondary N) is 1. The molecule has 0 saturated heterocycles. The number of ether oxygens (including phenoxy) is 1. The molecule has 0 spiro atoms. The van der Waals surface area contributed by atoms with E-state index in [2.05, 4.69) is 26.3 Å². The first-order valence-electron chi connectivity index (χ1n) is 8.53. The Balaban J connectivity index is 1.70.